The molecule has 8 nitrogen and oxygen atoms in total. The Kier molecular flexibility index (Phi) is 4.95. The smallest absolute Gasteiger partial charge is 0.161 e. The minimum absolute atomic E-state index is 0.297. The second-order valence-corrected chi connectivity index (χ2v) is 8.57. The van der Waals surface area contributed by atoms with Crippen LogP contribution in [0.5, 0.6) is 0 Å². The zero-order valence-corrected chi connectivity index (χ0v) is 19.0. The number of hydrogen-bond acceptors (Lipinski definition) is 6. The van der Waals surface area contributed by atoms with Gasteiger partial charge in [0.2, 0.25) is 0 Å². The number of aromatic nitrogens is 7. The maximum absolute atomic E-state index is 13.4. The fraction of sp³-hybridized carbons (Fsp3) is 0.115. The molecule has 0 aliphatic rings. The van der Waals surface area contributed by atoms with Gasteiger partial charge in [0.1, 0.15) is 16.9 Å². The zero-order chi connectivity index (χ0) is 23.9. The first-order chi connectivity index (χ1) is 17.0. The summed E-state index contributed by atoms with van der Waals surface area (Å²) in [6, 6.07) is 14.3. The monoisotopic (exact) mass is 464 g/mol. The van der Waals surface area contributed by atoms with E-state index >= 15 is 0 Å². The summed E-state index contributed by atoms with van der Waals surface area (Å²) in [7, 11) is 0. The number of anilines is 1. The highest BCUT2D eigenvalue weighted by atomic mass is 19.1. The molecular weight excluding hydrogens is 443 g/mol. The lowest BCUT2D eigenvalue weighted by atomic mass is 10.1. The second-order valence-electron chi connectivity index (χ2n) is 8.57. The van der Waals surface area contributed by atoms with Crippen LogP contribution in [0.15, 0.2) is 67.1 Å². The van der Waals surface area contributed by atoms with Crippen molar-refractivity contribution in [1.82, 2.24) is 35.1 Å². The van der Waals surface area contributed by atoms with Crippen molar-refractivity contribution in [2.45, 2.75) is 19.9 Å². The van der Waals surface area contributed by atoms with Crippen LogP contribution in [-0.4, -0.2) is 41.2 Å². The van der Waals surface area contributed by atoms with Crippen LogP contribution in [0.4, 0.5) is 10.1 Å². The number of halogens is 1. The fourth-order valence-electron chi connectivity index (χ4n) is 4.08. The van der Waals surface area contributed by atoms with E-state index in [0.29, 0.717) is 34.3 Å². The molecule has 3 N–H and O–H groups in total. The molecule has 0 fully saturated rings. The molecule has 0 saturated carbocycles. The average Bonchev–Trinajstić information content (AvgIpc) is 3.48. The lowest BCUT2D eigenvalue weighted by molar-refractivity contribution is 0.628. The highest BCUT2D eigenvalue weighted by molar-refractivity contribution is 5.95. The summed E-state index contributed by atoms with van der Waals surface area (Å²) in [5.41, 5.74) is 7.64. The van der Waals surface area contributed by atoms with Crippen LogP contribution in [0, 0.1) is 5.82 Å². The van der Waals surface area contributed by atoms with E-state index < -0.39 is 0 Å². The van der Waals surface area contributed by atoms with Crippen molar-refractivity contribution in [3.05, 3.63) is 72.9 Å². The molecular formula is C26H21FN8. The molecule has 1 aromatic carbocycles. The van der Waals surface area contributed by atoms with E-state index in [-0.39, 0.29) is 5.82 Å². The van der Waals surface area contributed by atoms with Crippen molar-refractivity contribution in [3.8, 4) is 34.0 Å². The molecule has 6 aromatic rings. The molecule has 0 spiro atoms. The van der Waals surface area contributed by atoms with Gasteiger partial charge in [0, 0.05) is 35.8 Å². The summed E-state index contributed by atoms with van der Waals surface area (Å²) >= 11 is 0. The number of nitrogens with one attached hydrogen (secondary N) is 3. The fourth-order valence-corrected chi connectivity index (χ4v) is 4.08. The number of nitrogens with zero attached hydrogens (tertiary/aromatic N) is 5. The van der Waals surface area contributed by atoms with Gasteiger partial charge in [0.05, 0.1) is 28.1 Å². The van der Waals surface area contributed by atoms with Crippen LogP contribution in [0.3, 0.4) is 0 Å². The van der Waals surface area contributed by atoms with Gasteiger partial charge >= 0.3 is 0 Å². The van der Waals surface area contributed by atoms with E-state index in [4.69, 9.17) is 9.97 Å². The minimum atomic E-state index is -0.297. The van der Waals surface area contributed by atoms with E-state index in [1.807, 2.05) is 24.3 Å². The van der Waals surface area contributed by atoms with Crippen molar-refractivity contribution >= 4 is 27.8 Å². The Morgan fingerprint density at radius 3 is 2.51 bits per heavy atom. The molecule has 5 heterocycles. The summed E-state index contributed by atoms with van der Waals surface area (Å²) in [4.78, 5) is 21.9. The second kappa shape index (κ2) is 8.28. The number of aromatic amines is 2. The molecule has 0 bridgehead atoms. The molecule has 6 rings (SSSR count). The number of rotatable bonds is 5. The van der Waals surface area contributed by atoms with Crippen LogP contribution >= 0.6 is 0 Å². The third kappa shape index (κ3) is 3.86. The molecule has 0 radical (unpaired) electrons. The highest BCUT2D eigenvalue weighted by Gasteiger charge is 2.17. The van der Waals surface area contributed by atoms with Crippen molar-refractivity contribution in [2.24, 2.45) is 0 Å². The van der Waals surface area contributed by atoms with Crippen LogP contribution in [0.25, 0.3) is 56.1 Å². The van der Waals surface area contributed by atoms with Crippen LogP contribution in [0.2, 0.25) is 0 Å². The third-order valence-corrected chi connectivity index (χ3v) is 5.64. The van der Waals surface area contributed by atoms with Gasteiger partial charge in [0.15, 0.2) is 11.5 Å². The third-order valence-electron chi connectivity index (χ3n) is 5.64. The Morgan fingerprint density at radius 2 is 1.69 bits per heavy atom. The Hall–Kier alpha value is -4.66. The Morgan fingerprint density at radius 1 is 0.857 bits per heavy atom. The van der Waals surface area contributed by atoms with Gasteiger partial charge in [-0.2, -0.15) is 5.10 Å². The molecule has 0 saturated heterocycles. The highest BCUT2D eigenvalue weighted by Crippen LogP contribution is 2.31. The quantitative estimate of drug-likeness (QED) is 0.307. The number of fused-ring (bicyclic) bond motifs is 2. The van der Waals surface area contributed by atoms with Gasteiger partial charge in [0.25, 0.3) is 0 Å². The van der Waals surface area contributed by atoms with Crippen LogP contribution in [-0.2, 0) is 0 Å². The lowest BCUT2D eigenvalue weighted by Crippen LogP contribution is -2.09. The largest absolute Gasteiger partial charge is 0.382 e. The van der Waals surface area contributed by atoms with E-state index in [2.05, 4.69) is 44.3 Å². The van der Waals surface area contributed by atoms with E-state index in [0.717, 1.165) is 33.5 Å². The van der Waals surface area contributed by atoms with Gasteiger partial charge < -0.3 is 10.3 Å². The van der Waals surface area contributed by atoms with E-state index in [9.17, 15) is 4.39 Å². The number of H-pyrrole nitrogens is 2. The minimum Gasteiger partial charge on any atom is -0.382 e. The number of imidazole rings is 1. The predicted octanol–water partition coefficient (Wildman–Crippen LogP) is 5.58. The summed E-state index contributed by atoms with van der Waals surface area (Å²) < 4.78 is 13.4. The summed E-state index contributed by atoms with van der Waals surface area (Å²) in [5, 5.41) is 10.9. The maximum Gasteiger partial charge on any atom is 0.161 e. The lowest BCUT2D eigenvalue weighted by Gasteiger charge is -2.10. The summed E-state index contributed by atoms with van der Waals surface area (Å²) in [6.45, 7) is 4.16. The first-order valence-corrected chi connectivity index (χ1v) is 11.2. The molecule has 35 heavy (non-hydrogen) atoms. The van der Waals surface area contributed by atoms with E-state index in [1.165, 1.54) is 12.1 Å². The SMILES string of the molecule is CC(C)Nc1cncc(-c2ccc3[nH]nc(-c4nc5c(-c6ccc(F)cc6)nccc5[nH]4)c3n2)c1. The predicted molar refractivity (Wildman–Crippen MR) is 134 cm³/mol. The van der Waals surface area contributed by atoms with Gasteiger partial charge in [-0.3, -0.25) is 15.1 Å². The number of benzene rings is 1. The molecule has 0 aliphatic heterocycles. The molecule has 0 unspecified atom stereocenters. The van der Waals surface area contributed by atoms with Gasteiger partial charge in [-0.25, -0.2) is 14.4 Å². The van der Waals surface area contributed by atoms with Crippen molar-refractivity contribution in [1.29, 1.82) is 0 Å². The Labute approximate surface area is 199 Å². The molecule has 172 valence electrons. The first kappa shape index (κ1) is 20.9. The average molecular weight is 465 g/mol. The molecule has 0 amide bonds. The number of hydrogen-bond donors (Lipinski definition) is 3. The Bertz CT molecular complexity index is 1670. The van der Waals surface area contributed by atoms with Crippen molar-refractivity contribution in [3.63, 3.8) is 0 Å². The van der Waals surface area contributed by atoms with Crippen LogP contribution < -0.4 is 5.32 Å². The molecule has 5 aromatic heterocycles. The molecule has 0 atom stereocenters. The van der Waals surface area contributed by atoms with Crippen LogP contribution in [0.1, 0.15) is 13.8 Å². The van der Waals surface area contributed by atoms with Gasteiger partial charge in [-0.1, -0.05) is 0 Å². The van der Waals surface area contributed by atoms with Crippen molar-refractivity contribution in [2.75, 3.05) is 5.32 Å². The van der Waals surface area contributed by atoms with Gasteiger partial charge in [-0.05, 0) is 62.4 Å². The first-order valence-electron chi connectivity index (χ1n) is 11.2. The topological polar surface area (TPSA) is 108 Å². The summed E-state index contributed by atoms with van der Waals surface area (Å²) in [5.74, 6) is 0.273. The Balaban J connectivity index is 1.44. The maximum atomic E-state index is 13.4. The number of pyridine rings is 3. The van der Waals surface area contributed by atoms with Gasteiger partial charge in [-0.15, -0.1) is 0 Å². The molecule has 0 aliphatic carbocycles. The van der Waals surface area contributed by atoms with Crippen molar-refractivity contribution < 1.29 is 4.39 Å². The van der Waals surface area contributed by atoms with E-state index in [1.54, 1.807) is 30.7 Å². The normalized spacial score (nSPS) is 11.5. The zero-order valence-electron chi connectivity index (χ0n) is 19.0. The standard InChI is InChI=1S/C26H21FN8/c1-14(2)30-18-11-16(12-28-13-18)19-7-8-21-24(31-19)25(35-34-21)26-32-20-9-10-29-22(23(20)33-26)15-3-5-17(27)6-4-15/h3-14,30H,1-2H3,(H,32,33)(H,34,35). The summed E-state index contributed by atoms with van der Waals surface area (Å²) in [6.07, 6.45) is 5.29. The molecule has 9 heteroatoms.